The van der Waals surface area contributed by atoms with Gasteiger partial charge in [-0.15, -0.1) is 0 Å². The molecule has 29 heavy (non-hydrogen) atoms. The number of hydrogen-bond donors (Lipinski definition) is 5. The van der Waals surface area contributed by atoms with Crippen molar-refractivity contribution < 1.29 is 14.6 Å². The molecular formula is C21H27N5O3. The fourth-order valence-corrected chi connectivity index (χ4v) is 3.33. The average Bonchev–Trinajstić information content (AvgIpc) is 2.68. The molecule has 2 amide bonds. The van der Waals surface area contributed by atoms with Crippen molar-refractivity contribution in [3.05, 3.63) is 53.2 Å². The number of ether oxygens (including phenoxy) is 1. The molecular weight excluding hydrogens is 370 g/mol. The van der Waals surface area contributed by atoms with E-state index in [0.29, 0.717) is 29.3 Å². The van der Waals surface area contributed by atoms with Crippen molar-refractivity contribution in [2.75, 3.05) is 30.4 Å². The molecule has 0 radical (unpaired) electrons. The van der Waals surface area contributed by atoms with E-state index in [1.54, 1.807) is 13.0 Å². The summed E-state index contributed by atoms with van der Waals surface area (Å²) in [5, 5.41) is 27.5. The minimum atomic E-state index is -1.17. The van der Waals surface area contributed by atoms with Crippen molar-refractivity contribution in [2.45, 2.75) is 31.9 Å². The van der Waals surface area contributed by atoms with Crippen LogP contribution in [0.5, 0.6) is 0 Å². The summed E-state index contributed by atoms with van der Waals surface area (Å²) in [6.45, 7) is 4.58. The third-order valence-electron chi connectivity index (χ3n) is 4.63. The number of fused-ring (bicyclic) bond motifs is 2. The number of rotatable bonds is 4. The molecule has 0 saturated carbocycles. The highest BCUT2D eigenvalue weighted by atomic mass is 16.5. The smallest absolute Gasteiger partial charge is 0.320 e. The number of pyridine rings is 1. The standard InChI is InChI=1S/C21H27N5O3/c1-3-23-19-15(11-22)9-18-24-16(19)10-21(2,28)13-29-12-17(25-20(27)26-18)14-7-5-4-6-8-14/h4-9,11,17,22-23,28H,3,10,12-13H2,1-2H3,(H2,24,25,26,27)/t17-,21?/m1/s1. The lowest BCUT2D eigenvalue weighted by molar-refractivity contribution is -0.0380. The van der Waals surface area contributed by atoms with Gasteiger partial charge in [-0.1, -0.05) is 30.3 Å². The lowest BCUT2D eigenvalue weighted by atomic mass is 9.98. The minimum Gasteiger partial charge on any atom is -0.387 e. The monoisotopic (exact) mass is 397 g/mol. The van der Waals surface area contributed by atoms with Crippen molar-refractivity contribution in [2.24, 2.45) is 0 Å². The normalized spacial score (nSPS) is 22.4. The Morgan fingerprint density at radius 2 is 2.17 bits per heavy atom. The Morgan fingerprint density at radius 3 is 2.86 bits per heavy atom. The summed E-state index contributed by atoms with van der Waals surface area (Å²) in [5.74, 6) is 0.321. The number of carbonyl (C=O) groups is 1. The van der Waals surface area contributed by atoms with Gasteiger partial charge >= 0.3 is 6.03 Å². The Kier molecular flexibility index (Phi) is 6.46. The molecule has 1 aliphatic heterocycles. The molecule has 1 aromatic carbocycles. The maximum atomic E-state index is 12.6. The number of nitrogens with zero attached hydrogens (tertiary/aromatic N) is 1. The lowest BCUT2D eigenvalue weighted by Gasteiger charge is -2.28. The van der Waals surface area contributed by atoms with Gasteiger partial charge < -0.3 is 25.9 Å². The first-order valence-corrected chi connectivity index (χ1v) is 9.62. The van der Waals surface area contributed by atoms with Crippen molar-refractivity contribution in [1.82, 2.24) is 10.3 Å². The van der Waals surface area contributed by atoms with Gasteiger partial charge in [-0.2, -0.15) is 0 Å². The molecule has 1 unspecified atom stereocenters. The van der Waals surface area contributed by atoms with Crippen LogP contribution < -0.4 is 16.0 Å². The van der Waals surface area contributed by atoms with Gasteiger partial charge in [0, 0.05) is 24.7 Å². The first kappa shape index (κ1) is 20.8. The number of nitrogens with one attached hydrogen (secondary N) is 4. The second-order valence-electron chi connectivity index (χ2n) is 7.34. The number of carbonyl (C=O) groups excluding carboxylic acids is 1. The molecule has 0 aliphatic carbocycles. The van der Waals surface area contributed by atoms with Gasteiger partial charge in [0.1, 0.15) is 5.82 Å². The summed E-state index contributed by atoms with van der Waals surface area (Å²) in [6, 6.07) is 10.4. The van der Waals surface area contributed by atoms with Crippen LogP contribution in [0.15, 0.2) is 36.4 Å². The minimum absolute atomic E-state index is 0.0804. The molecule has 8 heteroatoms. The summed E-state index contributed by atoms with van der Waals surface area (Å²) >= 11 is 0. The van der Waals surface area contributed by atoms with E-state index < -0.39 is 11.6 Å². The number of benzene rings is 1. The summed E-state index contributed by atoms with van der Waals surface area (Å²) in [4.78, 5) is 17.1. The zero-order chi connectivity index (χ0) is 20.9. The van der Waals surface area contributed by atoms with Crippen LogP contribution in [-0.2, 0) is 11.2 Å². The highest BCUT2D eigenvalue weighted by Crippen LogP contribution is 2.27. The molecule has 1 aliphatic rings. The van der Waals surface area contributed by atoms with Crippen molar-refractivity contribution >= 4 is 23.8 Å². The molecule has 8 nitrogen and oxygen atoms in total. The quantitative estimate of drug-likeness (QED) is 0.508. The number of hydrogen-bond acceptors (Lipinski definition) is 6. The molecule has 2 bridgehead atoms. The molecule has 0 saturated heterocycles. The fraction of sp³-hybridized carbons (Fsp3) is 0.381. The van der Waals surface area contributed by atoms with Gasteiger partial charge in [0.15, 0.2) is 0 Å². The summed E-state index contributed by atoms with van der Waals surface area (Å²) < 4.78 is 5.78. The summed E-state index contributed by atoms with van der Waals surface area (Å²) in [5.41, 5.74) is 1.56. The van der Waals surface area contributed by atoms with E-state index in [1.807, 2.05) is 37.3 Å². The highest BCUT2D eigenvalue weighted by Gasteiger charge is 2.27. The van der Waals surface area contributed by atoms with E-state index in [9.17, 15) is 9.90 Å². The molecule has 1 aromatic heterocycles. The summed E-state index contributed by atoms with van der Waals surface area (Å²) in [6.07, 6.45) is 1.42. The first-order valence-electron chi connectivity index (χ1n) is 9.62. The Hall–Kier alpha value is -2.97. The van der Waals surface area contributed by atoms with E-state index in [2.05, 4.69) is 20.9 Å². The van der Waals surface area contributed by atoms with E-state index in [1.165, 1.54) is 6.21 Å². The molecule has 0 spiro atoms. The van der Waals surface area contributed by atoms with Crippen LogP contribution >= 0.6 is 0 Å². The van der Waals surface area contributed by atoms with Gasteiger partial charge in [-0.3, -0.25) is 5.32 Å². The molecule has 154 valence electrons. The molecule has 0 fully saturated rings. The predicted molar refractivity (Wildman–Crippen MR) is 113 cm³/mol. The Bertz CT molecular complexity index is 870. The van der Waals surface area contributed by atoms with Crippen LogP contribution in [0.3, 0.4) is 0 Å². The van der Waals surface area contributed by atoms with E-state index in [0.717, 1.165) is 5.56 Å². The van der Waals surface area contributed by atoms with Gasteiger partial charge in [-0.25, -0.2) is 9.78 Å². The van der Waals surface area contributed by atoms with E-state index in [4.69, 9.17) is 10.1 Å². The van der Waals surface area contributed by atoms with E-state index in [-0.39, 0.29) is 25.7 Å². The van der Waals surface area contributed by atoms with Crippen LogP contribution in [0.4, 0.5) is 16.3 Å². The molecule has 2 heterocycles. The number of anilines is 2. The van der Waals surface area contributed by atoms with Gasteiger partial charge in [0.2, 0.25) is 0 Å². The van der Waals surface area contributed by atoms with Crippen molar-refractivity contribution in [3.63, 3.8) is 0 Å². The molecule has 3 rings (SSSR count). The van der Waals surface area contributed by atoms with Crippen molar-refractivity contribution in [1.29, 1.82) is 5.41 Å². The van der Waals surface area contributed by atoms with Crippen LogP contribution in [0.1, 0.15) is 36.7 Å². The Balaban J connectivity index is 1.98. The Labute approximate surface area is 170 Å². The van der Waals surface area contributed by atoms with Crippen LogP contribution in [0.25, 0.3) is 0 Å². The van der Waals surface area contributed by atoms with Crippen LogP contribution in [0.2, 0.25) is 0 Å². The first-order chi connectivity index (χ1) is 13.9. The van der Waals surface area contributed by atoms with Crippen LogP contribution in [0, 0.1) is 5.41 Å². The highest BCUT2D eigenvalue weighted by molar-refractivity contribution is 5.92. The van der Waals surface area contributed by atoms with Gasteiger partial charge in [0.05, 0.1) is 36.2 Å². The number of amides is 2. The van der Waals surface area contributed by atoms with E-state index >= 15 is 0 Å². The maximum absolute atomic E-state index is 12.6. The predicted octanol–water partition coefficient (Wildman–Crippen LogP) is 2.70. The fourth-order valence-electron chi connectivity index (χ4n) is 3.33. The second-order valence-corrected chi connectivity index (χ2v) is 7.34. The summed E-state index contributed by atoms with van der Waals surface area (Å²) in [7, 11) is 0. The SMILES string of the molecule is CCNc1c(C=N)cc2nc1CC(C)(O)COC[C@H](c1ccccc1)NC(=O)N2. The number of aliphatic hydroxyl groups is 1. The average molecular weight is 397 g/mol. The van der Waals surface area contributed by atoms with Gasteiger partial charge in [-0.05, 0) is 25.5 Å². The zero-order valence-corrected chi connectivity index (χ0v) is 16.7. The molecule has 2 atom stereocenters. The van der Waals surface area contributed by atoms with Gasteiger partial charge in [0.25, 0.3) is 0 Å². The topological polar surface area (TPSA) is 119 Å². The third kappa shape index (κ3) is 5.30. The molecule has 2 aromatic rings. The second kappa shape index (κ2) is 9.02. The van der Waals surface area contributed by atoms with Crippen molar-refractivity contribution in [3.8, 4) is 0 Å². The largest absolute Gasteiger partial charge is 0.387 e. The zero-order valence-electron chi connectivity index (χ0n) is 16.7. The maximum Gasteiger partial charge on any atom is 0.320 e. The molecule has 5 N–H and O–H groups in total. The Morgan fingerprint density at radius 1 is 1.41 bits per heavy atom. The third-order valence-corrected chi connectivity index (χ3v) is 4.63. The number of urea groups is 1. The number of aromatic nitrogens is 1. The van der Waals surface area contributed by atoms with Crippen LogP contribution in [-0.4, -0.2) is 47.7 Å². The lowest BCUT2D eigenvalue weighted by Crippen LogP contribution is -2.39.